The molecule has 0 atom stereocenters. The van der Waals surface area contributed by atoms with E-state index in [0.29, 0.717) is 5.92 Å². The van der Waals surface area contributed by atoms with Gasteiger partial charge >= 0.3 is 0 Å². The Bertz CT molecular complexity index is 292. The molecule has 2 rings (SSSR count). The van der Waals surface area contributed by atoms with Gasteiger partial charge in [-0.05, 0) is 30.4 Å². The maximum absolute atomic E-state index is 5.70. The van der Waals surface area contributed by atoms with E-state index in [1.54, 1.807) is 0 Å². The standard InChI is InChI=1S/C12H16ClN/c13-14-12-9-5-4-8-11(12)10-6-2-1-3-7-10/h4-5,8-10,14H,1-3,6-7H2. The Balaban J connectivity index is 2.20. The molecule has 0 spiro atoms. The maximum Gasteiger partial charge on any atom is 0.0526 e. The highest BCUT2D eigenvalue weighted by molar-refractivity contribution is 6.24. The highest BCUT2D eigenvalue weighted by atomic mass is 35.5. The molecule has 76 valence electrons. The fourth-order valence-electron chi connectivity index (χ4n) is 2.35. The van der Waals surface area contributed by atoms with Gasteiger partial charge in [0.2, 0.25) is 0 Å². The fourth-order valence-corrected chi connectivity index (χ4v) is 2.52. The van der Waals surface area contributed by atoms with E-state index < -0.39 is 0 Å². The summed E-state index contributed by atoms with van der Waals surface area (Å²) in [5.74, 6) is 0.714. The zero-order valence-corrected chi connectivity index (χ0v) is 9.06. The van der Waals surface area contributed by atoms with Gasteiger partial charge in [-0.3, -0.25) is 4.84 Å². The zero-order chi connectivity index (χ0) is 9.80. The van der Waals surface area contributed by atoms with E-state index in [9.17, 15) is 0 Å². The quantitative estimate of drug-likeness (QED) is 0.717. The third kappa shape index (κ3) is 2.03. The van der Waals surface area contributed by atoms with Crippen LogP contribution in [0.1, 0.15) is 43.6 Å². The van der Waals surface area contributed by atoms with E-state index in [2.05, 4.69) is 23.0 Å². The average Bonchev–Trinajstić information content (AvgIpc) is 2.30. The van der Waals surface area contributed by atoms with E-state index in [-0.39, 0.29) is 0 Å². The highest BCUT2D eigenvalue weighted by Crippen LogP contribution is 2.36. The van der Waals surface area contributed by atoms with Crippen LogP contribution < -0.4 is 4.84 Å². The summed E-state index contributed by atoms with van der Waals surface area (Å²) in [6.07, 6.45) is 6.75. The van der Waals surface area contributed by atoms with Gasteiger partial charge < -0.3 is 0 Å². The van der Waals surface area contributed by atoms with Gasteiger partial charge in [0, 0.05) is 11.8 Å². The van der Waals surface area contributed by atoms with Crippen molar-refractivity contribution in [1.82, 2.24) is 0 Å². The largest absolute Gasteiger partial charge is 0.298 e. The lowest BCUT2D eigenvalue weighted by Gasteiger charge is -2.23. The molecule has 1 fully saturated rings. The van der Waals surface area contributed by atoms with Crippen molar-refractivity contribution in [3.05, 3.63) is 29.8 Å². The molecule has 0 radical (unpaired) electrons. The van der Waals surface area contributed by atoms with Crippen molar-refractivity contribution in [2.24, 2.45) is 0 Å². The Morgan fingerprint density at radius 1 is 1.07 bits per heavy atom. The number of hydrogen-bond donors (Lipinski definition) is 1. The van der Waals surface area contributed by atoms with Gasteiger partial charge in [0.25, 0.3) is 0 Å². The predicted molar refractivity (Wildman–Crippen MR) is 61.7 cm³/mol. The summed E-state index contributed by atoms with van der Waals surface area (Å²) in [5.41, 5.74) is 2.48. The lowest BCUT2D eigenvalue weighted by atomic mass is 9.83. The van der Waals surface area contributed by atoms with Crippen molar-refractivity contribution in [3.63, 3.8) is 0 Å². The maximum atomic E-state index is 5.70. The lowest BCUT2D eigenvalue weighted by molar-refractivity contribution is 0.444. The second kappa shape index (κ2) is 4.70. The van der Waals surface area contributed by atoms with E-state index >= 15 is 0 Å². The Hall–Kier alpha value is -0.690. The summed E-state index contributed by atoms with van der Waals surface area (Å²) >= 11 is 5.70. The van der Waals surface area contributed by atoms with Gasteiger partial charge in [0.15, 0.2) is 0 Å². The first kappa shape index (κ1) is 9.85. The van der Waals surface area contributed by atoms with Crippen LogP contribution in [0.3, 0.4) is 0 Å². The van der Waals surface area contributed by atoms with Gasteiger partial charge in [-0.1, -0.05) is 37.5 Å². The second-order valence-corrected chi connectivity index (χ2v) is 4.21. The topological polar surface area (TPSA) is 12.0 Å². The van der Waals surface area contributed by atoms with E-state index in [1.807, 2.05) is 6.07 Å². The van der Waals surface area contributed by atoms with Gasteiger partial charge in [0.05, 0.1) is 5.69 Å². The molecular weight excluding hydrogens is 194 g/mol. The predicted octanol–water partition coefficient (Wildman–Crippen LogP) is 4.30. The summed E-state index contributed by atoms with van der Waals surface area (Å²) in [5, 5.41) is 0. The molecule has 2 heteroatoms. The summed E-state index contributed by atoms with van der Waals surface area (Å²) in [6.45, 7) is 0. The molecule has 0 aromatic heterocycles. The van der Waals surface area contributed by atoms with Gasteiger partial charge in [-0.25, -0.2) is 0 Å². The first-order chi connectivity index (χ1) is 6.92. The average molecular weight is 210 g/mol. The number of rotatable bonds is 2. The summed E-state index contributed by atoms with van der Waals surface area (Å²) in [7, 11) is 0. The third-order valence-electron chi connectivity index (χ3n) is 3.11. The van der Waals surface area contributed by atoms with Crippen LogP contribution >= 0.6 is 11.8 Å². The van der Waals surface area contributed by atoms with E-state index in [4.69, 9.17) is 11.8 Å². The van der Waals surface area contributed by atoms with Crippen molar-refractivity contribution in [2.75, 3.05) is 4.84 Å². The van der Waals surface area contributed by atoms with Crippen LogP contribution in [0, 0.1) is 0 Å². The Morgan fingerprint density at radius 2 is 1.79 bits per heavy atom. The molecule has 1 N–H and O–H groups in total. The normalized spacial score (nSPS) is 18.1. The molecule has 0 saturated heterocycles. The molecular formula is C12H16ClN. The second-order valence-electron chi connectivity index (χ2n) is 4.02. The SMILES string of the molecule is ClNc1ccccc1C1CCCCC1. The molecule has 1 aromatic carbocycles. The molecule has 0 bridgehead atoms. The van der Waals surface area contributed by atoms with Gasteiger partial charge in [-0.15, -0.1) is 0 Å². The molecule has 0 unspecified atom stereocenters. The van der Waals surface area contributed by atoms with Crippen LogP contribution in [-0.2, 0) is 0 Å². The van der Waals surface area contributed by atoms with Gasteiger partial charge in [-0.2, -0.15) is 0 Å². The van der Waals surface area contributed by atoms with Gasteiger partial charge in [0.1, 0.15) is 0 Å². The molecule has 1 aliphatic rings. The van der Waals surface area contributed by atoms with Crippen LogP contribution in [0.4, 0.5) is 5.69 Å². The molecule has 1 aromatic rings. The van der Waals surface area contributed by atoms with Crippen molar-refractivity contribution in [2.45, 2.75) is 38.0 Å². The summed E-state index contributed by atoms with van der Waals surface area (Å²) in [6, 6.07) is 8.37. The number of para-hydroxylation sites is 1. The first-order valence-electron chi connectivity index (χ1n) is 5.37. The monoisotopic (exact) mass is 209 g/mol. The minimum absolute atomic E-state index is 0.714. The lowest BCUT2D eigenvalue weighted by Crippen LogP contribution is -2.06. The zero-order valence-electron chi connectivity index (χ0n) is 8.30. The van der Waals surface area contributed by atoms with E-state index in [1.165, 1.54) is 37.7 Å². The highest BCUT2D eigenvalue weighted by Gasteiger charge is 2.17. The molecule has 0 heterocycles. The van der Waals surface area contributed by atoms with Crippen molar-refractivity contribution in [3.8, 4) is 0 Å². The number of anilines is 1. The molecule has 0 aliphatic heterocycles. The Morgan fingerprint density at radius 3 is 2.50 bits per heavy atom. The molecule has 1 aliphatic carbocycles. The fraction of sp³-hybridized carbons (Fsp3) is 0.500. The van der Waals surface area contributed by atoms with Crippen LogP contribution in [0.25, 0.3) is 0 Å². The minimum Gasteiger partial charge on any atom is -0.298 e. The summed E-state index contributed by atoms with van der Waals surface area (Å²) in [4.78, 5) is 2.77. The van der Waals surface area contributed by atoms with Crippen LogP contribution in [0.2, 0.25) is 0 Å². The molecule has 14 heavy (non-hydrogen) atoms. The van der Waals surface area contributed by atoms with E-state index in [0.717, 1.165) is 5.69 Å². The number of halogens is 1. The number of hydrogen-bond acceptors (Lipinski definition) is 1. The Labute approximate surface area is 90.6 Å². The smallest absolute Gasteiger partial charge is 0.0526 e. The number of benzene rings is 1. The minimum atomic E-state index is 0.714. The summed E-state index contributed by atoms with van der Waals surface area (Å²) < 4.78 is 0. The molecule has 1 saturated carbocycles. The van der Waals surface area contributed by atoms with Crippen molar-refractivity contribution in [1.29, 1.82) is 0 Å². The Kier molecular flexibility index (Phi) is 3.30. The van der Waals surface area contributed by atoms with Crippen LogP contribution in [-0.4, -0.2) is 0 Å². The van der Waals surface area contributed by atoms with Crippen LogP contribution in [0.15, 0.2) is 24.3 Å². The van der Waals surface area contributed by atoms with Crippen LogP contribution in [0.5, 0.6) is 0 Å². The van der Waals surface area contributed by atoms with Crippen molar-refractivity contribution >= 4 is 17.5 Å². The molecule has 0 amide bonds. The third-order valence-corrected chi connectivity index (χ3v) is 3.31. The number of nitrogens with one attached hydrogen (secondary N) is 1. The van der Waals surface area contributed by atoms with Crippen molar-refractivity contribution < 1.29 is 0 Å². The first-order valence-corrected chi connectivity index (χ1v) is 5.75. The molecule has 1 nitrogen and oxygen atoms in total.